The smallest absolute Gasteiger partial charge is 0.304 e. The van der Waals surface area contributed by atoms with Crippen molar-refractivity contribution < 1.29 is 9.90 Å². The van der Waals surface area contributed by atoms with Crippen LogP contribution in [0.1, 0.15) is 26.7 Å². The molecule has 1 atom stereocenters. The summed E-state index contributed by atoms with van der Waals surface area (Å²) >= 11 is 0. The molecular formula is C8H17NO2. The zero-order chi connectivity index (χ0) is 8.69. The Morgan fingerprint density at radius 1 is 1.64 bits per heavy atom. The van der Waals surface area contributed by atoms with Crippen LogP contribution in [0.5, 0.6) is 0 Å². The molecule has 0 aromatic carbocycles. The molecule has 0 saturated heterocycles. The number of aliphatic carboxylic acids is 1. The van der Waals surface area contributed by atoms with Gasteiger partial charge in [-0.05, 0) is 12.5 Å². The molecule has 0 fully saturated rings. The van der Waals surface area contributed by atoms with Gasteiger partial charge in [-0.2, -0.15) is 0 Å². The number of hydrogen-bond donors (Lipinski definition) is 2. The summed E-state index contributed by atoms with van der Waals surface area (Å²) in [4.78, 5) is 10.1. The normalized spacial score (nSPS) is 12.9. The molecule has 3 heteroatoms. The molecule has 11 heavy (non-hydrogen) atoms. The highest BCUT2D eigenvalue weighted by molar-refractivity contribution is 5.66. The van der Waals surface area contributed by atoms with Crippen molar-refractivity contribution in [3.8, 4) is 0 Å². The van der Waals surface area contributed by atoms with Gasteiger partial charge in [-0.1, -0.05) is 20.3 Å². The molecular weight excluding hydrogens is 142 g/mol. The molecule has 0 aromatic heterocycles. The van der Waals surface area contributed by atoms with Gasteiger partial charge in [0.15, 0.2) is 0 Å². The lowest BCUT2D eigenvalue weighted by Crippen LogP contribution is -2.23. The fraction of sp³-hybridized carbons (Fsp3) is 0.875. The van der Waals surface area contributed by atoms with Crippen molar-refractivity contribution in [3.63, 3.8) is 0 Å². The molecule has 3 nitrogen and oxygen atoms in total. The predicted molar refractivity (Wildman–Crippen MR) is 44.6 cm³/mol. The van der Waals surface area contributed by atoms with Crippen LogP contribution >= 0.6 is 0 Å². The topological polar surface area (TPSA) is 49.3 Å². The Morgan fingerprint density at radius 2 is 2.27 bits per heavy atom. The van der Waals surface area contributed by atoms with Crippen LogP contribution in [0.25, 0.3) is 0 Å². The minimum atomic E-state index is -0.735. The van der Waals surface area contributed by atoms with Crippen LogP contribution in [0.15, 0.2) is 0 Å². The first-order valence-corrected chi connectivity index (χ1v) is 4.09. The van der Waals surface area contributed by atoms with E-state index in [0.717, 1.165) is 13.0 Å². The molecule has 2 N–H and O–H groups in total. The SMILES string of the molecule is CCC(C)CNCCC(=O)O. The Morgan fingerprint density at radius 3 is 2.73 bits per heavy atom. The summed E-state index contributed by atoms with van der Waals surface area (Å²) in [6.07, 6.45) is 1.36. The second-order valence-corrected chi connectivity index (χ2v) is 2.86. The van der Waals surface area contributed by atoms with Gasteiger partial charge in [-0.15, -0.1) is 0 Å². The molecule has 0 rings (SSSR count). The monoisotopic (exact) mass is 159 g/mol. The van der Waals surface area contributed by atoms with Gasteiger partial charge in [0.1, 0.15) is 0 Å². The van der Waals surface area contributed by atoms with E-state index in [2.05, 4.69) is 19.2 Å². The van der Waals surface area contributed by atoms with E-state index in [-0.39, 0.29) is 6.42 Å². The van der Waals surface area contributed by atoms with Gasteiger partial charge in [0.25, 0.3) is 0 Å². The Bertz CT molecular complexity index is 115. The van der Waals surface area contributed by atoms with E-state index in [1.165, 1.54) is 0 Å². The summed E-state index contributed by atoms with van der Waals surface area (Å²) in [5.74, 6) is -0.0922. The van der Waals surface area contributed by atoms with E-state index < -0.39 is 5.97 Å². The number of hydrogen-bond acceptors (Lipinski definition) is 2. The molecule has 0 spiro atoms. The maximum atomic E-state index is 10.1. The highest BCUT2D eigenvalue weighted by atomic mass is 16.4. The zero-order valence-corrected chi connectivity index (χ0v) is 7.26. The number of rotatable bonds is 6. The molecule has 0 aliphatic heterocycles. The lowest BCUT2D eigenvalue weighted by Gasteiger charge is -2.08. The number of carboxylic acids is 1. The first kappa shape index (κ1) is 10.4. The van der Waals surface area contributed by atoms with E-state index in [0.29, 0.717) is 12.5 Å². The fourth-order valence-electron chi connectivity index (χ4n) is 0.688. The standard InChI is InChI=1S/C8H17NO2/c1-3-7(2)6-9-5-4-8(10)11/h7,9H,3-6H2,1-2H3,(H,10,11). The summed E-state index contributed by atoms with van der Waals surface area (Å²) in [5.41, 5.74) is 0. The maximum Gasteiger partial charge on any atom is 0.304 e. The Labute approximate surface area is 67.8 Å². The van der Waals surface area contributed by atoms with Gasteiger partial charge in [0, 0.05) is 6.54 Å². The molecule has 0 heterocycles. The van der Waals surface area contributed by atoms with Crippen LogP contribution in [-0.2, 0) is 4.79 Å². The quantitative estimate of drug-likeness (QED) is 0.570. The second-order valence-electron chi connectivity index (χ2n) is 2.86. The third kappa shape index (κ3) is 7.33. The minimum absolute atomic E-state index is 0.219. The Hall–Kier alpha value is -0.570. The maximum absolute atomic E-state index is 10.1. The summed E-state index contributed by atoms with van der Waals surface area (Å²) in [5, 5.41) is 11.4. The molecule has 0 aromatic rings. The first-order valence-electron chi connectivity index (χ1n) is 4.09. The van der Waals surface area contributed by atoms with Crippen LogP contribution < -0.4 is 5.32 Å². The third-order valence-electron chi connectivity index (χ3n) is 1.71. The summed E-state index contributed by atoms with van der Waals surface area (Å²) in [7, 11) is 0. The molecule has 0 saturated carbocycles. The van der Waals surface area contributed by atoms with E-state index in [1.54, 1.807) is 0 Å². The van der Waals surface area contributed by atoms with Gasteiger partial charge in [0.2, 0.25) is 0 Å². The highest BCUT2D eigenvalue weighted by Crippen LogP contribution is 1.96. The van der Waals surface area contributed by atoms with Crippen molar-refractivity contribution in [2.75, 3.05) is 13.1 Å². The van der Waals surface area contributed by atoms with E-state index in [9.17, 15) is 4.79 Å². The van der Waals surface area contributed by atoms with Crippen LogP contribution in [0.4, 0.5) is 0 Å². The summed E-state index contributed by atoms with van der Waals surface area (Å²) in [6, 6.07) is 0. The van der Waals surface area contributed by atoms with Crippen molar-refractivity contribution >= 4 is 5.97 Å². The Balaban J connectivity index is 3.08. The fourth-order valence-corrected chi connectivity index (χ4v) is 0.688. The van der Waals surface area contributed by atoms with Gasteiger partial charge in [-0.25, -0.2) is 0 Å². The lowest BCUT2D eigenvalue weighted by molar-refractivity contribution is -0.136. The summed E-state index contributed by atoms with van der Waals surface area (Å²) in [6.45, 7) is 5.78. The van der Waals surface area contributed by atoms with E-state index in [1.807, 2.05) is 0 Å². The van der Waals surface area contributed by atoms with E-state index in [4.69, 9.17) is 5.11 Å². The largest absolute Gasteiger partial charge is 0.481 e. The predicted octanol–water partition coefficient (Wildman–Crippen LogP) is 1.10. The lowest BCUT2D eigenvalue weighted by atomic mass is 10.1. The molecule has 0 amide bonds. The van der Waals surface area contributed by atoms with Gasteiger partial charge < -0.3 is 10.4 Å². The minimum Gasteiger partial charge on any atom is -0.481 e. The van der Waals surface area contributed by atoms with Crippen molar-refractivity contribution in [1.29, 1.82) is 0 Å². The third-order valence-corrected chi connectivity index (χ3v) is 1.71. The van der Waals surface area contributed by atoms with Crippen LogP contribution in [-0.4, -0.2) is 24.2 Å². The molecule has 0 radical (unpaired) electrons. The number of nitrogens with one attached hydrogen (secondary N) is 1. The first-order chi connectivity index (χ1) is 5.16. The summed E-state index contributed by atoms with van der Waals surface area (Å²) < 4.78 is 0. The average Bonchev–Trinajstić information content (AvgIpc) is 1.97. The molecule has 66 valence electrons. The molecule has 0 bridgehead atoms. The number of carboxylic acid groups (broad SMARTS) is 1. The molecule has 0 aliphatic carbocycles. The Kier molecular flexibility index (Phi) is 5.84. The van der Waals surface area contributed by atoms with Crippen molar-refractivity contribution in [3.05, 3.63) is 0 Å². The van der Waals surface area contributed by atoms with Gasteiger partial charge in [-0.3, -0.25) is 4.79 Å². The highest BCUT2D eigenvalue weighted by Gasteiger charge is 1.98. The van der Waals surface area contributed by atoms with Crippen molar-refractivity contribution in [1.82, 2.24) is 5.32 Å². The van der Waals surface area contributed by atoms with Crippen LogP contribution in [0.3, 0.4) is 0 Å². The van der Waals surface area contributed by atoms with E-state index >= 15 is 0 Å². The molecule has 1 unspecified atom stereocenters. The second kappa shape index (κ2) is 6.16. The number of carbonyl (C=O) groups is 1. The average molecular weight is 159 g/mol. The molecule has 0 aliphatic rings. The van der Waals surface area contributed by atoms with Crippen molar-refractivity contribution in [2.24, 2.45) is 5.92 Å². The van der Waals surface area contributed by atoms with Gasteiger partial charge >= 0.3 is 5.97 Å². The van der Waals surface area contributed by atoms with Gasteiger partial charge in [0.05, 0.1) is 6.42 Å². The van der Waals surface area contributed by atoms with Crippen LogP contribution in [0, 0.1) is 5.92 Å². The van der Waals surface area contributed by atoms with Crippen LogP contribution in [0.2, 0.25) is 0 Å². The van der Waals surface area contributed by atoms with Crippen molar-refractivity contribution in [2.45, 2.75) is 26.7 Å². The zero-order valence-electron chi connectivity index (χ0n) is 7.26.